The molecular formula is C10H16ClN3. The van der Waals surface area contributed by atoms with Gasteiger partial charge < -0.3 is 0 Å². The normalized spacial score (nSPS) is 33.2. The third-order valence-electron chi connectivity index (χ3n) is 3.26. The zero-order valence-electron chi connectivity index (χ0n) is 8.65. The Morgan fingerprint density at radius 1 is 1.50 bits per heavy atom. The van der Waals surface area contributed by atoms with Crippen LogP contribution in [0.3, 0.4) is 0 Å². The molecule has 1 aliphatic carbocycles. The lowest BCUT2D eigenvalue weighted by molar-refractivity contribution is 0.322. The van der Waals surface area contributed by atoms with Gasteiger partial charge >= 0.3 is 0 Å². The van der Waals surface area contributed by atoms with E-state index in [2.05, 4.69) is 17.2 Å². The summed E-state index contributed by atoms with van der Waals surface area (Å²) >= 11 is 6.20. The number of halogens is 1. The molecule has 3 nitrogen and oxygen atoms in total. The summed E-state index contributed by atoms with van der Waals surface area (Å²) in [6, 6.07) is 0. The predicted molar refractivity (Wildman–Crippen MR) is 56.4 cm³/mol. The fourth-order valence-electron chi connectivity index (χ4n) is 2.32. The van der Waals surface area contributed by atoms with Crippen LogP contribution in [0.1, 0.15) is 37.8 Å². The summed E-state index contributed by atoms with van der Waals surface area (Å²) in [5.41, 5.74) is 1.22. The third kappa shape index (κ3) is 1.78. The van der Waals surface area contributed by atoms with E-state index in [0.717, 1.165) is 12.8 Å². The Balaban J connectivity index is 2.20. The first-order valence-electron chi connectivity index (χ1n) is 5.17. The van der Waals surface area contributed by atoms with Crippen molar-refractivity contribution >= 4 is 11.6 Å². The standard InChI is InChI=1S/C10H16ClN3/c1-7-3-4-8(11)5-9(7)10-6-12-13-14(10)2/h6-9H,3-5H2,1-2H3. The van der Waals surface area contributed by atoms with Crippen molar-refractivity contribution in [2.75, 3.05) is 0 Å². The van der Waals surface area contributed by atoms with Gasteiger partial charge in [-0.25, -0.2) is 0 Å². The Hall–Kier alpha value is -0.570. The quantitative estimate of drug-likeness (QED) is 0.671. The van der Waals surface area contributed by atoms with Gasteiger partial charge in [-0.15, -0.1) is 16.7 Å². The van der Waals surface area contributed by atoms with E-state index in [1.165, 1.54) is 12.1 Å². The van der Waals surface area contributed by atoms with Crippen molar-refractivity contribution in [1.29, 1.82) is 0 Å². The van der Waals surface area contributed by atoms with E-state index in [0.29, 0.717) is 17.2 Å². The molecule has 0 amide bonds. The molecule has 1 aliphatic rings. The second-order valence-corrected chi connectivity index (χ2v) is 4.89. The van der Waals surface area contributed by atoms with Crippen LogP contribution in [0, 0.1) is 5.92 Å². The van der Waals surface area contributed by atoms with E-state index in [1.54, 1.807) is 0 Å². The van der Waals surface area contributed by atoms with Crippen LogP contribution < -0.4 is 0 Å². The minimum atomic E-state index is 0.325. The molecule has 14 heavy (non-hydrogen) atoms. The molecule has 78 valence electrons. The molecule has 0 aliphatic heterocycles. The number of nitrogens with zero attached hydrogens (tertiary/aromatic N) is 3. The first-order chi connectivity index (χ1) is 6.68. The predicted octanol–water partition coefficient (Wildman–Crippen LogP) is 2.33. The van der Waals surface area contributed by atoms with Gasteiger partial charge in [-0.2, -0.15) is 0 Å². The van der Waals surface area contributed by atoms with Crippen LogP contribution in [0.4, 0.5) is 0 Å². The summed E-state index contributed by atoms with van der Waals surface area (Å²) in [6.45, 7) is 2.29. The van der Waals surface area contributed by atoms with E-state index in [4.69, 9.17) is 11.6 Å². The topological polar surface area (TPSA) is 30.7 Å². The zero-order valence-corrected chi connectivity index (χ0v) is 9.41. The van der Waals surface area contributed by atoms with Crippen molar-refractivity contribution in [1.82, 2.24) is 15.0 Å². The maximum atomic E-state index is 6.20. The first kappa shape index (κ1) is 9.97. The number of aryl methyl sites for hydroxylation is 1. The van der Waals surface area contributed by atoms with Gasteiger partial charge in [0.15, 0.2) is 0 Å². The van der Waals surface area contributed by atoms with Crippen molar-refractivity contribution in [3.05, 3.63) is 11.9 Å². The summed E-state index contributed by atoms with van der Waals surface area (Å²) in [7, 11) is 1.95. The average molecular weight is 214 g/mol. The number of aromatic nitrogens is 3. The molecule has 2 rings (SSSR count). The summed E-state index contributed by atoms with van der Waals surface area (Å²) in [5, 5.41) is 8.23. The molecule has 1 saturated carbocycles. The highest BCUT2D eigenvalue weighted by Crippen LogP contribution is 2.38. The molecule has 0 bridgehead atoms. The summed E-state index contributed by atoms with van der Waals surface area (Å²) in [4.78, 5) is 0. The number of alkyl halides is 1. The van der Waals surface area contributed by atoms with Crippen LogP contribution in [0.15, 0.2) is 6.20 Å². The summed E-state index contributed by atoms with van der Waals surface area (Å²) in [5.74, 6) is 1.23. The Morgan fingerprint density at radius 2 is 2.29 bits per heavy atom. The monoisotopic (exact) mass is 213 g/mol. The van der Waals surface area contributed by atoms with E-state index >= 15 is 0 Å². The van der Waals surface area contributed by atoms with Crippen LogP contribution in [-0.2, 0) is 7.05 Å². The number of hydrogen-bond acceptors (Lipinski definition) is 2. The molecule has 0 spiro atoms. The Morgan fingerprint density at radius 3 is 2.93 bits per heavy atom. The fraction of sp³-hybridized carbons (Fsp3) is 0.800. The van der Waals surface area contributed by atoms with Crippen molar-refractivity contribution in [2.45, 2.75) is 37.5 Å². The Bertz CT molecular complexity index is 310. The molecule has 3 atom stereocenters. The van der Waals surface area contributed by atoms with Crippen LogP contribution >= 0.6 is 11.6 Å². The van der Waals surface area contributed by atoms with Gasteiger partial charge in [0.05, 0.1) is 11.9 Å². The maximum absolute atomic E-state index is 6.20. The number of hydrogen-bond donors (Lipinski definition) is 0. The van der Waals surface area contributed by atoms with Crippen molar-refractivity contribution in [2.24, 2.45) is 13.0 Å². The zero-order chi connectivity index (χ0) is 10.1. The Kier molecular flexibility index (Phi) is 2.77. The number of rotatable bonds is 1. The largest absolute Gasteiger partial charge is 0.252 e. The minimum Gasteiger partial charge on any atom is -0.252 e. The lowest BCUT2D eigenvalue weighted by Crippen LogP contribution is -2.23. The highest BCUT2D eigenvalue weighted by molar-refractivity contribution is 6.20. The molecule has 0 N–H and O–H groups in total. The highest BCUT2D eigenvalue weighted by atomic mass is 35.5. The second kappa shape index (κ2) is 3.89. The molecule has 1 fully saturated rings. The van der Waals surface area contributed by atoms with Crippen LogP contribution in [0.25, 0.3) is 0 Å². The first-order valence-corrected chi connectivity index (χ1v) is 5.60. The summed E-state index contributed by atoms with van der Waals surface area (Å²) in [6.07, 6.45) is 5.29. The van der Waals surface area contributed by atoms with Gasteiger partial charge in [0.25, 0.3) is 0 Å². The molecule has 1 aromatic rings. The van der Waals surface area contributed by atoms with Crippen LogP contribution in [-0.4, -0.2) is 20.4 Å². The van der Waals surface area contributed by atoms with E-state index in [-0.39, 0.29) is 0 Å². The SMILES string of the molecule is CC1CCC(Cl)CC1c1cnnn1C. The fourth-order valence-corrected chi connectivity index (χ4v) is 2.63. The third-order valence-corrected chi connectivity index (χ3v) is 3.66. The van der Waals surface area contributed by atoms with E-state index in [1.807, 2.05) is 17.9 Å². The minimum absolute atomic E-state index is 0.325. The average Bonchev–Trinajstić information content (AvgIpc) is 2.56. The summed E-state index contributed by atoms with van der Waals surface area (Å²) < 4.78 is 1.87. The van der Waals surface area contributed by atoms with Gasteiger partial charge in [-0.05, 0) is 25.2 Å². The van der Waals surface area contributed by atoms with Crippen LogP contribution in [0.2, 0.25) is 0 Å². The van der Waals surface area contributed by atoms with Gasteiger partial charge in [0, 0.05) is 18.3 Å². The van der Waals surface area contributed by atoms with Gasteiger partial charge in [-0.1, -0.05) is 12.1 Å². The van der Waals surface area contributed by atoms with Crippen molar-refractivity contribution < 1.29 is 0 Å². The molecule has 4 heteroatoms. The van der Waals surface area contributed by atoms with Gasteiger partial charge in [0.1, 0.15) is 0 Å². The molecule has 0 saturated heterocycles. The molecule has 1 heterocycles. The molecular weight excluding hydrogens is 198 g/mol. The van der Waals surface area contributed by atoms with E-state index < -0.39 is 0 Å². The lowest BCUT2D eigenvalue weighted by Gasteiger charge is -2.31. The van der Waals surface area contributed by atoms with Crippen molar-refractivity contribution in [3.63, 3.8) is 0 Å². The Labute approximate surface area is 89.4 Å². The van der Waals surface area contributed by atoms with Gasteiger partial charge in [0.2, 0.25) is 0 Å². The van der Waals surface area contributed by atoms with E-state index in [9.17, 15) is 0 Å². The second-order valence-electron chi connectivity index (χ2n) is 4.28. The maximum Gasteiger partial charge on any atom is 0.0728 e. The van der Waals surface area contributed by atoms with Crippen LogP contribution in [0.5, 0.6) is 0 Å². The molecule has 1 aromatic heterocycles. The molecule has 0 aromatic carbocycles. The molecule has 0 radical (unpaired) electrons. The van der Waals surface area contributed by atoms with Gasteiger partial charge in [-0.3, -0.25) is 4.68 Å². The highest BCUT2D eigenvalue weighted by Gasteiger charge is 2.29. The van der Waals surface area contributed by atoms with Crippen molar-refractivity contribution in [3.8, 4) is 0 Å². The smallest absolute Gasteiger partial charge is 0.0728 e. The molecule has 3 unspecified atom stereocenters. The lowest BCUT2D eigenvalue weighted by atomic mass is 9.78.